The molecule has 1 fully saturated rings. The first-order valence-corrected chi connectivity index (χ1v) is 9.93. The van der Waals surface area contributed by atoms with Gasteiger partial charge in [-0.3, -0.25) is 14.3 Å². The number of sulfonamides is 1. The summed E-state index contributed by atoms with van der Waals surface area (Å²) in [7, 11) is -1.94. The Bertz CT molecular complexity index is 803. The van der Waals surface area contributed by atoms with Crippen LogP contribution in [-0.2, 0) is 26.6 Å². The number of carbonyl (C=O) groups excluding carboxylic acids is 1. The zero-order valence-corrected chi connectivity index (χ0v) is 16.1. The molecule has 0 spiro atoms. The molecule has 0 radical (unpaired) electrons. The van der Waals surface area contributed by atoms with E-state index in [1.54, 1.807) is 23.6 Å². The minimum absolute atomic E-state index is 0.125. The monoisotopic (exact) mass is 388 g/mol. The topological polar surface area (TPSA) is 122 Å². The molecule has 11 heteroatoms. The van der Waals surface area contributed by atoms with Crippen molar-refractivity contribution < 1.29 is 27.9 Å². The third-order valence-electron chi connectivity index (χ3n) is 4.34. The number of carbonyl (C=O) groups is 2. The summed E-state index contributed by atoms with van der Waals surface area (Å²) in [5.74, 6) is -1.44. The molecule has 1 aliphatic rings. The first-order valence-electron chi connectivity index (χ1n) is 8.08. The molecule has 1 N–H and O–H groups in total. The lowest BCUT2D eigenvalue weighted by molar-refractivity contribution is -0.137. The van der Waals surface area contributed by atoms with Crippen molar-refractivity contribution in [3.05, 3.63) is 17.0 Å². The summed E-state index contributed by atoms with van der Waals surface area (Å²) >= 11 is 0. The van der Waals surface area contributed by atoms with E-state index in [0.29, 0.717) is 17.8 Å². The Morgan fingerprint density at radius 1 is 1.38 bits per heavy atom. The fourth-order valence-corrected chi connectivity index (χ4v) is 3.73. The summed E-state index contributed by atoms with van der Waals surface area (Å²) in [4.78, 5) is 25.4. The normalized spacial score (nSPS) is 18.3. The molecule has 26 heavy (non-hydrogen) atoms. The molecule has 0 bridgehead atoms. The predicted molar refractivity (Wildman–Crippen MR) is 92.4 cm³/mol. The lowest BCUT2D eigenvalue weighted by Crippen LogP contribution is -2.51. The average Bonchev–Trinajstić information content (AvgIpc) is 2.78. The Hall–Kier alpha value is -1.98. The SMILES string of the molecule is Cc1nn(C)c(C)c1C(=O)N1CCOC(CN(CC(=O)O)S(C)(=O)=O)C1. The van der Waals surface area contributed by atoms with E-state index in [0.717, 1.165) is 16.3 Å². The van der Waals surface area contributed by atoms with Crippen LogP contribution in [0.15, 0.2) is 0 Å². The number of carboxylic acids is 1. The Balaban J connectivity index is 2.13. The van der Waals surface area contributed by atoms with Gasteiger partial charge in [0.1, 0.15) is 6.54 Å². The van der Waals surface area contributed by atoms with Gasteiger partial charge in [-0.1, -0.05) is 0 Å². The second-order valence-corrected chi connectivity index (χ2v) is 8.35. The highest BCUT2D eigenvalue weighted by Crippen LogP contribution is 2.18. The quantitative estimate of drug-likeness (QED) is 0.678. The van der Waals surface area contributed by atoms with Crippen molar-refractivity contribution in [3.63, 3.8) is 0 Å². The molecular formula is C15H24N4O6S. The molecule has 1 aromatic heterocycles. The van der Waals surface area contributed by atoms with Crippen LogP contribution in [0.3, 0.4) is 0 Å². The van der Waals surface area contributed by atoms with Crippen molar-refractivity contribution >= 4 is 21.9 Å². The molecule has 1 aliphatic heterocycles. The number of hydrogen-bond donors (Lipinski definition) is 1. The molecule has 1 saturated heterocycles. The number of ether oxygens (including phenoxy) is 1. The van der Waals surface area contributed by atoms with Crippen LogP contribution in [0, 0.1) is 13.8 Å². The summed E-state index contributed by atoms with van der Waals surface area (Å²) < 4.78 is 31.6. The fraction of sp³-hybridized carbons (Fsp3) is 0.667. The van der Waals surface area contributed by atoms with Crippen LogP contribution >= 0.6 is 0 Å². The standard InChI is InChI=1S/C15H24N4O6S/c1-10-14(11(2)17(3)16-10)15(22)18-5-6-25-12(7-18)8-19(9-13(20)21)26(4,23)24/h12H,5-9H2,1-4H3,(H,20,21). The number of morpholine rings is 1. The molecule has 1 aromatic rings. The van der Waals surface area contributed by atoms with Gasteiger partial charge in [0, 0.05) is 32.4 Å². The number of amides is 1. The van der Waals surface area contributed by atoms with Crippen LogP contribution in [-0.4, -0.2) is 89.5 Å². The zero-order chi connectivity index (χ0) is 19.6. The first kappa shape index (κ1) is 20.3. The van der Waals surface area contributed by atoms with Crippen LogP contribution in [0.1, 0.15) is 21.7 Å². The summed E-state index contributed by atoms with van der Waals surface area (Å²) in [6.45, 7) is 3.60. The van der Waals surface area contributed by atoms with E-state index >= 15 is 0 Å². The van der Waals surface area contributed by atoms with Crippen molar-refractivity contribution in [1.82, 2.24) is 19.0 Å². The number of aromatic nitrogens is 2. The Kier molecular flexibility index (Phi) is 6.04. The summed E-state index contributed by atoms with van der Waals surface area (Å²) in [5, 5.41) is 13.2. The van der Waals surface area contributed by atoms with Crippen molar-refractivity contribution in [1.29, 1.82) is 0 Å². The number of aryl methyl sites for hydroxylation is 2. The molecule has 1 amide bonds. The highest BCUT2D eigenvalue weighted by Gasteiger charge is 2.31. The van der Waals surface area contributed by atoms with E-state index in [1.807, 2.05) is 6.92 Å². The summed E-state index contributed by atoms with van der Waals surface area (Å²) in [5.41, 5.74) is 1.90. The average molecular weight is 388 g/mol. The number of hydrogen-bond acceptors (Lipinski definition) is 6. The third kappa shape index (κ3) is 4.59. The van der Waals surface area contributed by atoms with Gasteiger partial charge in [0.05, 0.1) is 30.2 Å². The molecule has 146 valence electrons. The van der Waals surface area contributed by atoms with Gasteiger partial charge in [0.25, 0.3) is 5.91 Å². The van der Waals surface area contributed by atoms with Gasteiger partial charge in [0.15, 0.2) is 0 Å². The Morgan fingerprint density at radius 2 is 2.04 bits per heavy atom. The maximum Gasteiger partial charge on any atom is 0.318 e. The van der Waals surface area contributed by atoms with Gasteiger partial charge in [0.2, 0.25) is 10.0 Å². The third-order valence-corrected chi connectivity index (χ3v) is 5.55. The van der Waals surface area contributed by atoms with Crippen molar-refractivity contribution in [3.8, 4) is 0 Å². The van der Waals surface area contributed by atoms with Crippen LogP contribution in [0.5, 0.6) is 0 Å². The molecular weight excluding hydrogens is 364 g/mol. The summed E-state index contributed by atoms with van der Waals surface area (Å²) in [6, 6.07) is 0. The van der Waals surface area contributed by atoms with E-state index in [1.165, 1.54) is 0 Å². The smallest absolute Gasteiger partial charge is 0.318 e. The van der Waals surface area contributed by atoms with E-state index in [9.17, 15) is 18.0 Å². The molecule has 2 rings (SSSR count). The molecule has 2 heterocycles. The highest BCUT2D eigenvalue weighted by molar-refractivity contribution is 7.88. The van der Waals surface area contributed by atoms with E-state index < -0.39 is 28.6 Å². The molecule has 1 atom stereocenters. The summed E-state index contributed by atoms with van der Waals surface area (Å²) in [6.07, 6.45) is 0.350. The van der Waals surface area contributed by atoms with Crippen molar-refractivity contribution in [2.24, 2.45) is 7.05 Å². The number of nitrogens with zero attached hydrogens (tertiary/aromatic N) is 4. The van der Waals surface area contributed by atoms with E-state index in [4.69, 9.17) is 9.84 Å². The maximum absolute atomic E-state index is 12.9. The first-order chi connectivity index (χ1) is 12.0. The van der Waals surface area contributed by atoms with Gasteiger partial charge < -0.3 is 14.7 Å². The maximum atomic E-state index is 12.9. The zero-order valence-electron chi connectivity index (χ0n) is 15.3. The lowest BCUT2D eigenvalue weighted by Gasteiger charge is -2.35. The lowest BCUT2D eigenvalue weighted by atomic mass is 10.1. The van der Waals surface area contributed by atoms with Crippen LogP contribution in [0.4, 0.5) is 0 Å². The largest absolute Gasteiger partial charge is 0.480 e. The van der Waals surface area contributed by atoms with Crippen LogP contribution in [0.2, 0.25) is 0 Å². The Labute approximate surface area is 152 Å². The second kappa shape index (κ2) is 7.72. The van der Waals surface area contributed by atoms with E-state index in [-0.39, 0.29) is 25.6 Å². The molecule has 1 unspecified atom stereocenters. The number of carboxylic acid groups (broad SMARTS) is 1. The number of aliphatic carboxylic acids is 1. The highest BCUT2D eigenvalue weighted by atomic mass is 32.2. The molecule has 10 nitrogen and oxygen atoms in total. The number of rotatable bonds is 6. The van der Waals surface area contributed by atoms with Gasteiger partial charge in [-0.05, 0) is 13.8 Å². The predicted octanol–water partition coefficient (Wildman–Crippen LogP) is -0.776. The van der Waals surface area contributed by atoms with Crippen LogP contribution in [0.25, 0.3) is 0 Å². The minimum atomic E-state index is -3.70. The van der Waals surface area contributed by atoms with Gasteiger partial charge in [-0.15, -0.1) is 0 Å². The molecule has 0 saturated carbocycles. The van der Waals surface area contributed by atoms with Gasteiger partial charge >= 0.3 is 5.97 Å². The van der Waals surface area contributed by atoms with Gasteiger partial charge in [-0.2, -0.15) is 9.40 Å². The molecule has 0 aliphatic carbocycles. The second-order valence-electron chi connectivity index (χ2n) is 6.36. The Morgan fingerprint density at radius 3 is 2.54 bits per heavy atom. The van der Waals surface area contributed by atoms with Crippen LogP contribution < -0.4 is 0 Å². The molecule has 0 aromatic carbocycles. The van der Waals surface area contributed by atoms with Crippen molar-refractivity contribution in [2.75, 3.05) is 39.0 Å². The van der Waals surface area contributed by atoms with Gasteiger partial charge in [-0.25, -0.2) is 8.42 Å². The van der Waals surface area contributed by atoms with E-state index in [2.05, 4.69) is 5.10 Å². The fourth-order valence-electron chi connectivity index (χ4n) is 2.95. The minimum Gasteiger partial charge on any atom is -0.480 e. The van der Waals surface area contributed by atoms with Crippen molar-refractivity contribution in [2.45, 2.75) is 20.0 Å².